The first-order chi connectivity index (χ1) is 10.2. The molecule has 1 aliphatic rings. The van der Waals surface area contributed by atoms with Gasteiger partial charge in [-0.15, -0.1) is 17.5 Å². The minimum absolute atomic E-state index is 0. The van der Waals surface area contributed by atoms with Crippen LogP contribution in [0.25, 0.3) is 5.69 Å². The number of hydrogen-bond acceptors (Lipinski definition) is 4. The fraction of sp³-hybridized carbons (Fsp3) is 0.357. The third-order valence-electron chi connectivity index (χ3n) is 3.46. The van der Waals surface area contributed by atoms with E-state index in [1.54, 1.807) is 12.1 Å². The molecule has 0 aliphatic carbocycles. The number of benzene rings is 1. The van der Waals surface area contributed by atoms with Gasteiger partial charge in [-0.25, -0.2) is 4.39 Å². The Morgan fingerprint density at radius 1 is 1.27 bits per heavy atom. The maximum atomic E-state index is 12.9. The largest absolute Gasteiger partial charge is 0.348 e. The lowest BCUT2D eigenvalue weighted by atomic mass is 10.1. The van der Waals surface area contributed by atoms with Crippen molar-refractivity contribution in [1.82, 2.24) is 25.6 Å². The zero-order valence-corrected chi connectivity index (χ0v) is 12.6. The number of aromatic nitrogens is 3. The number of piperidine rings is 1. The highest BCUT2D eigenvalue weighted by atomic mass is 35.5. The van der Waals surface area contributed by atoms with Crippen LogP contribution in [0.4, 0.5) is 4.39 Å². The molecule has 8 heteroatoms. The van der Waals surface area contributed by atoms with Crippen LogP contribution in [0.5, 0.6) is 0 Å². The Morgan fingerprint density at radius 3 is 2.64 bits per heavy atom. The van der Waals surface area contributed by atoms with Gasteiger partial charge in [-0.3, -0.25) is 4.79 Å². The Kier molecular flexibility index (Phi) is 5.46. The van der Waals surface area contributed by atoms with Crippen molar-refractivity contribution in [3.63, 3.8) is 0 Å². The second-order valence-electron chi connectivity index (χ2n) is 4.99. The summed E-state index contributed by atoms with van der Waals surface area (Å²) in [6, 6.07) is 5.95. The van der Waals surface area contributed by atoms with Crippen molar-refractivity contribution in [1.29, 1.82) is 0 Å². The van der Waals surface area contributed by atoms with Gasteiger partial charge in [-0.1, -0.05) is 0 Å². The van der Waals surface area contributed by atoms with E-state index in [2.05, 4.69) is 20.8 Å². The van der Waals surface area contributed by atoms with Gasteiger partial charge in [0.2, 0.25) is 0 Å². The van der Waals surface area contributed by atoms with Gasteiger partial charge < -0.3 is 10.6 Å². The molecular formula is C14H17ClFN5O. The molecule has 1 fully saturated rings. The van der Waals surface area contributed by atoms with Crippen LogP contribution in [-0.4, -0.2) is 40.0 Å². The topological polar surface area (TPSA) is 71.8 Å². The minimum atomic E-state index is -0.324. The summed E-state index contributed by atoms with van der Waals surface area (Å²) in [5, 5.41) is 14.4. The molecule has 1 aromatic carbocycles. The molecule has 0 bridgehead atoms. The molecule has 1 saturated heterocycles. The summed E-state index contributed by atoms with van der Waals surface area (Å²) in [6.45, 7) is 1.82. The van der Waals surface area contributed by atoms with Gasteiger partial charge >= 0.3 is 0 Å². The first kappa shape index (κ1) is 16.4. The highest BCUT2D eigenvalue weighted by molar-refractivity contribution is 5.92. The van der Waals surface area contributed by atoms with Crippen LogP contribution in [0, 0.1) is 5.82 Å². The molecule has 1 aromatic heterocycles. The fourth-order valence-corrected chi connectivity index (χ4v) is 2.29. The lowest BCUT2D eigenvalue weighted by Gasteiger charge is -2.23. The van der Waals surface area contributed by atoms with Crippen LogP contribution in [0.15, 0.2) is 30.5 Å². The number of rotatable bonds is 3. The molecular weight excluding hydrogens is 309 g/mol. The molecule has 1 amide bonds. The monoisotopic (exact) mass is 325 g/mol. The summed E-state index contributed by atoms with van der Waals surface area (Å²) < 4.78 is 12.9. The van der Waals surface area contributed by atoms with Crippen LogP contribution in [0.3, 0.4) is 0 Å². The standard InChI is InChI=1S/C14H16FN5O.ClH/c15-10-1-3-12(4-2-10)20-17-9-13(19-20)14(21)18-11-5-7-16-8-6-11;/h1-4,9,11,16H,5-8H2,(H,18,21);1H. The quantitative estimate of drug-likeness (QED) is 0.892. The summed E-state index contributed by atoms with van der Waals surface area (Å²) >= 11 is 0. The Labute approximate surface area is 133 Å². The second kappa shape index (κ2) is 7.33. The van der Waals surface area contributed by atoms with Gasteiger partial charge in [-0.05, 0) is 50.2 Å². The average molecular weight is 326 g/mol. The zero-order chi connectivity index (χ0) is 14.7. The van der Waals surface area contributed by atoms with Crippen LogP contribution in [-0.2, 0) is 0 Å². The van der Waals surface area contributed by atoms with Crippen molar-refractivity contribution in [2.24, 2.45) is 0 Å². The van der Waals surface area contributed by atoms with E-state index in [0.717, 1.165) is 25.9 Å². The van der Waals surface area contributed by atoms with E-state index in [1.165, 1.54) is 23.1 Å². The van der Waals surface area contributed by atoms with Crippen molar-refractivity contribution < 1.29 is 9.18 Å². The van der Waals surface area contributed by atoms with E-state index < -0.39 is 0 Å². The predicted octanol–water partition coefficient (Wildman–Crippen LogP) is 1.31. The number of nitrogens with zero attached hydrogens (tertiary/aromatic N) is 3. The van der Waals surface area contributed by atoms with Gasteiger partial charge in [0.15, 0.2) is 5.69 Å². The van der Waals surface area contributed by atoms with E-state index in [1.807, 2.05) is 0 Å². The summed E-state index contributed by atoms with van der Waals surface area (Å²) in [5.74, 6) is -0.551. The van der Waals surface area contributed by atoms with Crippen molar-refractivity contribution in [2.75, 3.05) is 13.1 Å². The van der Waals surface area contributed by atoms with Gasteiger partial charge in [-0.2, -0.15) is 9.90 Å². The Hall–Kier alpha value is -1.99. The van der Waals surface area contributed by atoms with Crippen molar-refractivity contribution in [2.45, 2.75) is 18.9 Å². The third kappa shape index (κ3) is 3.80. The van der Waals surface area contributed by atoms with Gasteiger partial charge in [0, 0.05) is 6.04 Å². The number of carbonyl (C=O) groups is 1. The highest BCUT2D eigenvalue weighted by Crippen LogP contribution is 2.08. The summed E-state index contributed by atoms with van der Waals surface area (Å²) in [7, 11) is 0. The lowest BCUT2D eigenvalue weighted by molar-refractivity contribution is 0.0924. The first-order valence-corrected chi connectivity index (χ1v) is 6.92. The molecule has 2 aromatic rings. The number of amides is 1. The van der Waals surface area contributed by atoms with Crippen LogP contribution >= 0.6 is 12.4 Å². The molecule has 0 saturated carbocycles. The molecule has 1 aliphatic heterocycles. The van der Waals surface area contributed by atoms with E-state index in [4.69, 9.17) is 0 Å². The summed E-state index contributed by atoms with van der Waals surface area (Å²) in [4.78, 5) is 13.4. The Morgan fingerprint density at radius 2 is 1.95 bits per heavy atom. The number of nitrogens with one attached hydrogen (secondary N) is 2. The smallest absolute Gasteiger partial charge is 0.273 e. The van der Waals surface area contributed by atoms with Crippen molar-refractivity contribution in [3.05, 3.63) is 42.0 Å². The normalized spacial score (nSPS) is 15.1. The third-order valence-corrected chi connectivity index (χ3v) is 3.46. The molecule has 3 rings (SSSR count). The van der Waals surface area contributed by atoms with Crippen molar-refractivity contribution in [3.8, 4) is 5.69 Å². The fourth-order valence-electron chi connectivity index (χ4n) is 2.29. The molecule has 0 unspecified atom stereocenters. The molecule has 0 atom stereocenters. The van der Waals surface area contributed by atoms with Crippen LogP contribution in [0.1, 0.15) is 23.3 Å². The van der Waals surface area contributed by atoms with E-state index in [-0.39, 0.29) is 35.9 Å². The molecule has 0 spiro atoms. The minimum Gasteiger partial charge on any atom is -0.348 e. The predicted molar refractivity (Wildman–Crippen MR) is 81.9 cm³/mol. The van der Waals surface area contributed by atoms with Crippen molar-refractivity contribution >= 4 is 18.3 Å². The van der Waals surface area contributed by atoms with Gasteiger partial charge in [0.05, 0.1) is 11.9 Å². The summed E-state index contributed by atoms with van der Waals surface area (Å²) in [6.07, 6.45) is 3.25. The lowest BCUT2D eigenvalue weighted by Crippen LogP contribution is -2.42. The second-order valence-corrected chi connectivity index (χ2v) is 4.99. The molecule has 0 radical (unpaired) electrons. The summed E-state index contributed by atoms with van der Waals surface area (Å²) in [5.41, 5.74) is 0.871. The Bertz CT molecular complexity index is 624. The zero-order valence-electron chi connectivity index (χ0n) is 11.8. The number of halogens is 2. The van der Waals surface area contributed by atoms with Crippen LogP contribution < -0.4 is 10.6 Å². The van der Waals surface area contributed by atoms with E-state index in [9.17, 15) is 9.18 Å². The molecule has 118 valence electrons. The maximum absolute atomic E-state index is 12.9. The molecule has 6 nitrogen and oxygen atoms in total. The number of hydrogen-bond donors (Lipinski definition) is 2. The van der Waals surface area contributed by atoms with Gasteiger partial charge in [0.25, 0.3) is 5.91 Å². The van der Waals surface area contributed by atoms with Gasteiger partial charge in [0.1, 0.15) is 5.82 Å². The van der Waals surface area contributed by atoms with E-state index >= 15 is 0 Å². The molecule has 2 N–H and O–H groups in total. The average Bonchev–Trinajstić information content (AvgIpc) is 2.99. The van der Waals surface area contributed by atoms with E-state index in [0.29, 0.717) is 5.69 Å². The Balaban J connectivity index is 0.00000176. The number of carbonyl (C=O) groups excluding carboxylic acids is 1. The molecule has 2 heterocycles. The SMILES string of the molecule is Cl.O=C(NC1CCNCC1)c1cnn(-c2ccc(F)cc2)n1. The van der Waals surface area contributed by atoms with Crippen LogP contribution in [0.2, 0.25) is 0 Å². The maximum Gasteiger partial charge on any atom is 0.273 e. The first-order valence-electron chi connectivity index (χ1n) is 6.92. The highest BCUT2D eigenvalue weighted by Gasteiger charge is 2.18. The molecule has 22 heavy (non-hydrogen) atoms.